The van der Waals surface area contributed by atoms with Crippen LogP contribution in [-0.2, 0) is 19.1 Å². The molecule has 0 aromatic heterocycles. The molecule has 0 radical (unpaired) electrons. The van der Waals surface area contributed by atoms with Crippen molar-refractivity contribution in [1.29, 1.82) is 0 Å². The number of halogens is 1. The lowest BCUT2D eigenvalue weighted by Crippen LogP contribution is -2.10. The van der Waals surface area contributed by atoms with Crippen LogP contribution in [0.3, 0.4) is 0 Å². The van der Waals surface area contributed by atoms with Crippen molar-refractivity contribution < 1.29 is 32.9 Å². The maximum absolute atomic E-state index is 14.6. The summed E-state index contributed by atoms with van der Waals surface area (Å²) in [7, 11) is 0. The van der Waals surface area contributed by atoms with E-state index in [0.29, 0.717) is 22.6 Å². The highest BCUT2D eigenvalue weighted by atomic mass is 19.1. The Morgan fingerprint density at radius 2 is 1.23 bits per heavy atom. The summed E-state index contributed by atoms with van der Waals surface area (Å²) < 4.78 is 35.4. The summed E-state index contributed by atoms with van der Waals surface area (Å²) >= 11 is 0. The topological polar surface area (TPSA) is 71.1 Å². The van der Waals surface area contributed by atoms with E-state index in [4.69, 9.17) is 18.9 Å². The molecule has 0 saturated carbocycles. The van der Waals surface area contributed by atoms with Gasteiger partial charge < -0.3 is 18.9 Å². The summed E-state index contributed by atoms with van der Waals surface area (Å²) in [5.41, 5.74) is 2.12. The van der Waals surface area contributed by atoms with Gasteiger partial charge in [0.2, 0.25) is 0 Å². The molecule has 0 heterocycles. The van der Waals surface area contributed by atoms with Crippen molar-refractivity contribution in [3.63, 3.8) is 0 Å². The smallest absolute Gasteiger partial charge is 0.330 e. The summed E-state index contributed by atoms with van der Waals surface area (Å²) in [6, 6.07) is 18.7. The molecule has 0 saturated heterocycles. The van der Waals surface area contributed by atoms with Crippen LogP contribution in [0.2, 0.25) is 0 Å². The van der Waals surface area contributed by atoms with E-state index in [1.165, 1.54) is 6.07 Å². The lowest BCUT2D eigenvalue weighted by Gasteiger charge is -2.06. The molecule has 3 aromatic carbocycles. The third-order valence-electron chi connectivity index (χ3n) is 4.88. The summed E-state index contributed by atoms with van der Waals surface area (Å²) in [6.07, 6.45) is 2.18. The first-order valence-corrected chi connectivity index (χ1v) is 11.8. The zero-order chi connectivity index (χ0) is 27.9. The van der Waals surface area contributed by atoms with E-state index in [9.17, 15) is 14.0 Å². The minimum atomic E-state index is -0.514. The Morgan fingerprint density at radius 3 is 1.87 bits per heavy atom. The van der Waals surface area contributed by atoms with Crippen LogP contribution in [0.15, 0.2) is 92.0 Å². The quantitative estimate of drug-likeness (QED) is 0.164. The van der Waals surface area contributed by atoms with E-state index in [1.54, 1.807) is 60.7 Å². The fourth-order valence-corrected chi connectivity index (χ4v) is 3.00. The van der Waals surface area contributed by atoms with Crippen molar-refractivity contribution in [1.82, 2.24) is 0 Å². The normalized spacial score (nSPS) is 9.56. The number of carbonyl (C=O) groups excluding carboxylic acids is 2. The molecule has 39 heavy (non-hydrogen) atoms. The van der Waals surface area contributed by atoms with Gasteiger partial charge in [0.25, 0.3) is 0 Å². The van der Waals surface area contributed by atoms with E-state index in [1.807, 2.05) is 0 Å². The number of benzene rings is 3. The zero-order valence-corrected chi connectivity index (χ0v) is 21.1. The molecule has 3 rings (SSSR count). The van der Waals surface area contributed by atoms with Crippen molar-refractivity contribution >= 4 is 11.9 Å². The molecule has 196 valence electrons. The molecule has 0 fully saturated rings. The van der Waals surface area contributed by atoms with Crippen LogP contribution in [-0.4, -0.2) is 38.4 Å². The first-order chi connectivity index (χ1) is 19.0. The van der Waals surface area contributed by atoms with Crippen molar-refractivity contribution in [2.45, 2.75) is 0 Å². The molecular weight excluding hydrogens is 499 g/mol. The zero-order valence-electron chi connectivity index (χ0n) is 21.1. The standard InChI is InChI=1S/C32H25FO6/c1-3-31(34)38-20-18-36-28-16-12-24(13-17-28)8-9-26-11-15-27(30(33)23-26)14-10-25-6-5-7-29(22-25)37-19-21-39-32(35)4-2/h3-7,11-13,15-17,22-23H,1-2,18-21H2. The molecule has 6 nitrogen and oxygen atoms in total. The Labute approximate surface area is 226 Å². The molecule has 0 amide bonds. The Hall–Kier alpha value is -5.27. The fraction of sp³-hybridized carbons (Fsp3) is 0.125. The number of rotatable bonds is 10. The molecule has 0 atom stereocenters. The average Bonchev–Trinajstić information content (AvgIpc) is 2.96. The van der Waals surface area contributed by atoms with Gasteiger partial charge >= 0.3 is 11.9 Å². The van der Waals surface area contributed by atoms with Crippen molar-refractivity contribution in [2.75, 3.05) is 26.4 Å². The van der Waals surface area contributed by atoms with Crippen molar-refractivity contribution in [3.8, 4) is 35.2 Å². The Balaban J connectivity index is 1.55. The van der Waals surface area contributed by atoms with Crippen LogP contribution < -0.4 is 9.47 Å². The molecule has 0 spiro atoms. The number of hydrogen-bond donors (Lipinski definition) is 0. The van der Waals surface area contributed by atoms with Gasteiger partial charge in [-0.3, -0.25) is 0 Å². The summed E-state index contributed by atoms with van der Waals surface area (Å²) in [4.78, 5) is 22.0. The van der Waals surface area contributed by atoms with E-state index < -0.39 is 17.8 Å². The molecule has 0 unspecified atom stereocenters. The maximum atomic E-state index is 14.6. The second kappa shape index (κ2) is 15.1. The Kier molecular flexibility index (Phi) is 11.0. The molecule has 7 heteroatoms. The first-order valence-electron chi connectivity index (χ1n) is 11.8. The van der Waals surface area contributed by atoms with Gasteiger partial charge in [0.05, 0.1) is 5.56 Å². The van der Waals surface area contributed by atoms with E-state index in [2.05, 4.69) is 36.8 Å². The lowest BCUT2D eigenvalue weighted by atomic mass is 10.1. The molecule has 0 aliphatic carbocycles. The van der Waals surface area contributed by atoms with Gasteiger partial charge in [-0.2, -0.15) is 0 Å². The number of hydrogen-bond acceptors (Lipinski definition) is 6. The van der Waals surface area contributed by atoms with Gasteiger partial charge in [0.1, 0.15) is 43.7 Å². The van der Waals surface area contributed by atoms with Crippen molar-refractivity contribution in [2.24, 2.45) is 0 Å². The minimum absolute atomic E-state index is 0.0948. The second-order valence-corrected chi connectivity index (χ2v) is 7.69. The third kappa shape index (κ3) is 9.95. The average molecular weight is 525 g/mol. The molecule has 0 bridgehead atoms. The Bertz CT molecular complexity index is 1450. The lowest BCUT2D eigenvalue weighted by molar-refractivity contribution is -0.139. The molecule has 0 N–H and O–H groups in total. The largest absolute Gasteiger partial charge is 0.490 e. The highest BCUT2D eigenvalue weighted by Gasteiger charge is 2.02. The monoisotopic (exact) mass is 524 g/mol. The number of ether oxygens (including phenoxy) is 4. The van der Waals surface area contributed by atoms with Gasteiger partial charge in [0.15, 0.2) is 0 Å². The van der Waals surface area contributed by atoms with Gasteiger partial charge in [0, 0.05) is 28.8 Å². The molecule has 0 aliphatic rings. The molecular formula is C32H25FO6. The van der Waals surface area contributed by atoms with Crippen LogP contribution in [0.25, 0.3) is 0 Å². The van der Waals surface area contributed by atoms with Gasteiger partial charge in [-0.25, -0.2) is 14.0 Å². The number of carbonyl (C=O) groups is 2. The van der Waals surface area contributed by atoms with Gasteiger partial charge in [-0.1, -0.05) is 42.9 Å². The fourth-order valence-electron chi connectivity index (χ4n) is 3.00. The molecule has 0 aliphatic heterocycles. The number of esters is 2. The summed E-state index contributed by atoms with van der Waals surface area (Å²) in [6.45, 7) is 7.26. The Morgan fingerprint density at radius 1 is 0.667 bits per heavy atom. The summed E-state index contributed by atoms with van der Waals surface area (Å²) in [5.74, 6) is 11.3. The van der Waals surface area contributed by atoms with Crippen LogP contribution in [0.4, 0.5) is 4.39 Å². The van der Waals surface area contributed by atoms with Crippen LogP contribution in [0.1, 0.15) is 22.3 Å². The maximum Gasteiger partial charge on any atom is 0.330 e. The van der Waals surface area contributed by atoms with Crippen LogP contribution in [0, 0.1) is 29.5 Å². The van der Waals surface area contributed by atoms with E-state index in [-0.39, 0.29) is 32.0 Å². The van der Waals surface area contributed by atoms with Gasteiger partial charge in [-0.05, 0) is 60.7 Å². The summed E-state index contributed by atoms with van der Waals surface area (Å²) in [5, 5.41) is 0. The van der Waals surface area contributed by atoms with E-state index >= 15 is 0 Å². The van der Waals surface area contributed by atoms with Crippen LogP contribution >= 0.6 is 0 Å². The molecule has 3 aromatic rings. The van der Waals surface area contributed by atoms with Crippen molar-refractivity contribution in [3.05, 3.63) is 120 Å². The third-order valence-corrected chi connectivity index (χ3v) is 4.88. The van der Waals surface area contributed by atoms with E-state index in [0.717, 1.165) is 17.7 Å². The highest BCUT2D eigenvalue weighted by Crippen LogP contribution is 2.15. The second-order valence-electron chi connectivity index (χ2n) is 7.69. The predicted molar refractivity (Wildman–Crippen MR) is 145 cm³/mol. The highest BCUT2D eigenvalue weighted by molar-refractivity contribution is 5.81. The minimum Gasteiger partial charge on any atom is -0.490 e. The SMILES string of the molecule is C=CC(=O)OCCOc1ccc(C#Cc2ccc(C#Cc3cccc(OCCOC(=O)C=C)c3)c(F)c2)cc1. The predicted octanol–water partition coefficient (Wildman–Crippen LogP) is 4.84. The van der Waals surface area contributed by atoms with Gasteiger partial charge in [-0.15, -0.1) is 0 Å². The first kappa shape index (κ1) is 28.3. The van der Waals surface area contributed by atoms with Crippen LogP contribution in [0.5, 0.6) is 11.5 Å².